The average Bonchev–Trinajstić information content (AvgIpc) is 3.17. The Balaban J connectivity index is 1.65. The molecule has 1 fully saturated rings. The molecule has 6 heteroatoms. The third kappa shape index (κ3) is 5.13. The molecule has 0 N–H and O–H groups in total. The fraction of sp³-hybridized carbons (Fsp3) is 0.360. The minimum absolute atomic E-state index is 0.219. The number of thioether (sulfide) groups is 1. The number of carbonyl (C=O) groups excluding carboxylic acids is 1. The van der Waals surface area contributed by atoms with Crippen LogP contribution in [0, 0.1) is 6.92 Å². The number of aromatic nitrogens is 2. The van der Waals surface area contributed by atoms with Crippen LogP contribution in [0.2, 0.25) is 0 Å². The molecule has 0 bridgehead atoms. The molecule has 1 aliphatic rings. The molecule has 1 saturated heterocycles. The van der Waals surface area contributed by atoms with Crippen molar-refractivity contribution in [2.75, 3.05) is 24.6 Å². The van der Waals surface area contributed by atoms with Gasteiger partial charge in [0.15, 0.2) is 0 Å². The summed E-state index contributed by atoms with van der Waals surface area (Å²) in [7, 11) is 0. The molecule has 0 aliphatic carbocycles. The molecule has 1 amide bonds. The lowest BCUT2D eigenvalue weighted by molar-refractivity contribution is -0.130. The van der Waals surface area contributed by atoms with Crippen molar-refractivity contribution < 1.29 is 9.53 Å². The zero-order valence-corrected chi connectivity index (χ0v) is 19.0. The summed E-state index contributed by atoms with van der Waals surface area (Å²) in [6.07, 6.45) is 1.88. The number of hydrogen-bond donors (Lipinski definition) is 0. The quantitative estimate of drug-likeness (QED) is 0.521. The van der Waals surface area contributed by atoms with E-state index in [-0.39, 0.29) is 5.91 Å². The Labute approximate surface area is 188 Å². The molecule has 3 aromatic rings. The van der Waals surface area contributed by atoms with Crippen molar-refractivity contribution in [3.05, 3.63) is 71.4 Å². The first-order chi connectivity index (χ1) is 15.2. The van der Waals surface area contributed by atoms with Gasteiger partial charge in [-0.05, 0) is 44.0 Å². The molecule has 2 aromatic carbocycles. The van der Waals surface area contributed by atoms with Crippen molar-refractivity contribution in [3.63, 3.8) is 0 Å². The molecule has 0 saturated carbocycles. The van der Waals surface area contributed by atoms with Crippen molar-refractivity contribution in [1.82, 2.24) is 14.7 Å². The molecule has 2 heterocycles. The van der Waals surface area contributed by atoms with E-state index in [0.29, 0.717) is 18.7 Å². The number of rotatable bonds is 7. The smallest absolute Gasteiger partial charge is 0.226 e. The summed E-state index contributed by atoms with van der Waals surface area (Å²) in [5, 5.41) is 4.87. The number of benzene rings is 2. The molecule has 0 spiro atoms. The Kier molecular flexibility index (Phi) is 6.97. The van der Waals surface area contributed by atoms with Gasteiger partial charge in [0, 0.05) is 36.6 Å². The standard InChI is InChI=1S/C25H29N3O2S/c1-3-23-22(13-14-24(29)27-15-17-31-18-16-27)25(30-21-11-9-19(2)10-12-21)28(26-23)20-7-5-4-6-8-20/h4-12H,3,13-18H2,1-2H3. The summed E-state index contributed by atoms with van der Waals surface area (Å²) in [5.74, 6) is 3.75. The maximum Gasteiger partial charge on any atom is 0.226 e. The van der Waals surface area contributed by atoms with E-state index >= 15 is 0 Å². The lowest BCUT2D eigenvalue weighted by Gasteiger charge is -2.26. The monoisotopic (exact) mass is 435 g/mol. The number of carbonyl (C=O) groups is 1. The van der Waals surface area contributed by atoms with E-state index in [4.69, 9.17) is 9.84 Å². The molecular weight excluding hydrogens is 406 g/mol. The number of nitrogens with zero attached hydrogens (tertiary/aromatic N) is 3. The fourth-order valence-electron chi connectivity index (χ4n) is 3.78. The highest BCUT2D eigenvalue weighted by Crippen LogP contribution is 2.32. The highest BCUT2D eigenvalue weighted by molar-refractivity contribution is 7.99. The van der Waals surface area contributed by atoms with Crippen LogP contribution in [-0.2, 0) is 17.6 Å². The van der Waals surface area contributed by atoms with E-state index in [9.17, 15) is 4.79 Å². The lowest BCUT2D eigenvalue weighted by atomic mass is 10.1. The van der Waals surface area contributed by atoms with E-state index in [1.165, 1.54) is 5.56 Å². The van der Waals surface area contributed by atoms with Crippen LogP contribution < -0.4 is 4.74 Å². The zero-order valence-electron chi connectivity index (χ0n) is 18.2. The molecule has 0 atom stereocenters. The molecule has 1 aliphatic heterocycles. The highest BCUT2D eigenvalue weighted by atomic mass is 32.2. The van der Waals surface area contributed by atoms with Gasteiger partial charge in [-0.3, -0.25) is 4.79 Å². The fourth-order valence-corrected chi connectivity index (χ4v) is 4.69. The predicted molar refractivity (Wildman–Crippen MR) is 126 cm³/mol. The number of amides is 1. The second-order valence-electron chi connectivity index (χ2n) is 7.74. The van der Waals surface area contributed by atoms with Gasteiger partial charge < -0.3 is 9.64 Å². The van der Waals surface area contributed by atoms with Gasteiger partial charge in [0.05, 0.1) is 11.4 Å². The van der Waals surface area contributed by atoms with E-state index in [2.05, 4.69) is 13.8 Å². The van der Waals surface area contributed by atoms with Gasteiger partial charge >= 0.3 is 0 Å². The minimum Gasteiger partial charge on any atom is -0.439 e. The third-order valence-corrected chi connectivity index (χ3v) is 6.49. The van der Waals surface area contributed by atoms with Crippen LogP contribution in [0.3, 0.4) is 0 Å². The van der Waals surface area contributed by atoms with Gasteiger partial charge in [-0.25, -0.2) is 4.68 Å². The van der Waals surface area contributed by atoms with E-state index in [1.807, 2.05) is 75.9 Å². The minimum atomic E-state index is 0.219. The van der Waals surface area contributed by atoms with Crippen LogP contribution in [0.15, 0.2) is 54.6 Å². The van der Waals surface area contributed by atoms with E-state index in [1.54, 1.807) is 0 Å². The van der Waals surface area contributed by atoms with Crippen LogP contribution in [0.1, 0.15) is 30.2 Å². The topological polar surface area (TPSA) is 47.4 Å². The average molecular weight is 436 g/mol. The van der Waals surface area contributed by atoms with Crippen LogP contribution in [-0.4, -0.2) is 45.2 Å². The first-order valence-electron chi connectivity index (χ1n) is 10.9. The summed E-state index contributed by atoms with van der Waals surface area (Å²) in [6.45, 7) is 5.85. The molecule has 5 nitrogen and oxygen atoms in total. The van der Waals surface area contributed by atoms with Crippen molar-refractivity contribution in [2.45, 2.75) is 33.1 Å². The van der Waals surface area contributed by atoms with Gasteiger partial charge in [-0.1, -0.05) is 42.8 Å². The van der Waals surface area contributed by atoms with Gasteiger partial charge in [-0.15, -0.1) is 0 Å². The Morgan fingerprint density at radius 1 is 1.06 bits per heavy atom. The Morgan fingerprint density at radius 2 is 1.77 bits per heavy atom. The Bertz CT molecular complexity index is 1010. The van der Waals surface area contributed by atoms with Crippen molar-refractivity contribution in [3.8, 4) is 17.3 Å². The van der Waals surface area contributed by atoms with Crippen molar-refractivity contribution >= 4 is 17.7 Å². The van der Waals surface area contributed by atoms with E-state index < -0.39 is 0 Å². The van der Waals surface area contributed by atoms with Gasteiger partial charge in [0.1, 0.15) is 5.75 Å². The number of para-hydroxylation sites is 1. The summed E-state index contributed by atoms with van der Waals surface area (Å²) >= 11 is 1.91. The first-order valence-corrected chi connectivity index (χ1v) is 12.1. The second-order valence-corrected chi connectivity index (χ2v) is 8.96. The third-order valence-electron chi connectivity index (χ3n) is 5.54. The normalized spacial score (nSPS) is 13.9. The summed E-state index contributed by atoms with van der Waals surface area (Å²) in [5.41, 5.74) is 4.13. The lowest BCUT2D eigenvalue weighted by Crippen LogP contribution is -2.38. The largest absolute Gasteiger partial charge is 0.439 e. The number of aryl methyl sites for hydroxylation is 2. The first kappa shape index (κ1) is 21.5. The maximum absolute atomic E-state index is 12.8. The zero-order chi connectivity index (χ0) is 21.6. The predicted octanol–water partition coefficient (Wildman–Crippen LogP) is 5.04. The number of ether oxygens (including phenoxy) is 1. The SMILES string of the molecule is CCc1nn(-c2ccccc2)c(Oc2ccc(C)cc2)c1CCC(=O)N1CCSCC1. The van der Waals surface area contributed by atoms with Crippen LogP contribution in [0.5, 0.6) is 11.6 Å². The molecule has 4 rings (SSSR count). The van der Waals surface area contributed by atoms with Crippen LogP contribution >= 0.6 is 11.8 Å². The van der Waals surface area contributed by atoms with E-state index in [0.717, 1.165) is 53.7 Å². The molecule has 0 unspecified atom stereocenters. The number of hydrogen-bond acceptors (Lipinski definition) is 4. The molecule has 31 heavy (non-hydrogen) atoms. The summed E-state index contributed by atoms with van der Waals surface area (Å²) in [4.78, 5) is 14.8. The molecule has 162 valence electrons. The summed E-state index contributed by atoms with van der Waals surface area (Å²) < 4.78 is 8.25. The van der Waals surface area contributed by atoms with Crippen molar-refractivity contribution in [1.29, 1.82) is 0 Å². The molecule has 0 radical (unpaired) electrons. The highest BCUT2D eigenvalue weighted by Gasteiger charge is 2.23. The van der Waals surface area contributed by atoms with Gasteiger partial charge in [0.2, 0.25) is 11.8 Å². The van der Waals surface area contributed by atoms with Crippen LogP contribution in [0.4, 0.5) is 0 Å². The second kappa shape index (κ2) is 10.1. The van der Waals surface area contributed by atoms with Gasteiger partial charge in [-0.2, -0.15) is 16.9 Å². The summed E-state index contributed by atoms with van der Waals surface area (Å²) in [6, 6.07) is 18.1. The van der Waals surface area contributed by atoms with Gasteiger partial charge in [0.25, 0.3) is 0 Å². The Hall–Kier alpha value is -2.73. The molecule has 1 aromatic heterocycles. The Morgan fingerprint density at radius 3 is 2.45 bits per heavy atom. The van der Waals surface area contributed by atoms with Crippen molar-refractivity contribution in [2.24, 2.45) is 0 Å². The maximum atomic E-state index is 12.8. The molecular formula is C25H29N3O2S. The van der Waals surface area contributed by atoms with Crippen LogP contribution in [0.25, 0.3) is 5.69 Å².